The summed E-state index contributed by atoms with van der Waals surface area (Å²) in [7, 11) is 0. The molecule has 1 aromatic heterocycles. The summed E-state index contributed by atoms with van der Waals surface area (Å²) in [5.41, 5.74) is 1.25. The van der Waals surface area contributed by atoms with Gasteiger partial charge < -0.3 is 15.2 Å². The Bertz CT molecular complexity index is 306. The fourth-order valence-corrected chi connectivity index (χ4v) is 1.59. The van der Waals surface area contributed by atoms with Crippen molar-refractivity contribution in [2.24, 2.45) is 5.92 Å². The first-order valence-corrected chi connectivity index (χ1v) is 5.19. The molecular formula is C10H17N3O. The molecule has 0 saturated carbocycles. The molecule has 4 nitrogen and oxygen atoms in total. The third-order valence-electron chi connectivity index (χ3n) is 2.38. The van der Waals surface area contributed by atoms with Crippen molar-refractivity contribution in [3.8, 4) is 0 Å². The number of anilines is 1. The van der Waals surface area contributed by atoms with Crippen LogP contribution in [0.3, 0.4) is 0 Å². The lowest BCUT2D eigenvalue weighted by Crippen LogP contribution is -2.23. The largest absolute Gasteiger partial charge is 0.367 e. The minimum Gasteiger partial charge on any atom is -0.367 e. The smallest absolute Gasteiger partial charge is 0.172 e. The van der Waals surface area contributed by atoms with Crippen LogP contribution in [0.5, 0.6) is 0 Å². The molecule has 0 aromatic carbocycles. The van der Waals surface area contributed by atoms with Crippen molar-refractivity contribution in [2.45, 2.75) is 26.8 Å². The highest BCUT2D eigenvalue weighted by Gasteiger charge is 2.18. The zero-order valence-corrected chi connectivity index (χ0v) is 8.76. The van der Waals surface area contributed by atoms with Crippen LogP contribution in [0, 0.1) is 5.92 Å². The monoisotopic (exact) mass is 195 g/mol. The molecular weight excluding hydrogens is 178 g/mol. The van der Waals surface area contributed by atoms with Crippen molar-refractivity contribution in [3.05, 3.63) is 11.3 Å². The van der Waals surface area contributed by atoms with Crippen LogP contribution in [0.4, 0.5) is 5.82 Å². The molecule has 0 atom stereocenters. The van der Waals surface area contributed by atoms with Crippen molar-refractivity contribution >= 4 is 5.82 Å². The summed E-state index contributed by atoms with van der Waals surface area (Å²) in [6, 6.07) is 0. The molecule has 0 saturated heterocycles. The third kappa shape index (κ3) is 1.90. The van der Waals surface area contributed by atoms with E-state index in [1.165, 1.54) is 5.56 Å². The molecule has 0 aliphatic carbocycles. The van der Waals surface area contributed by atoms with E-state index in [1.807, 2.05) is 0 Å². The molecule has 1 aromatic rings. The number of aromatic nitrogens is 1. The topological polar surface area (TPSA) is 50.1 Å². The van der Waals surface area contributed by atoms with Gasteiger partial charge in [0.1, 0.15) is 0 Å². The number of nitrogens with one attached hydrogen (secondary N) is 2. The highest BCUT2D eigenvalue weighted by atomic mass is 16.5. The van der Waals surface area contributed by atoms with Gasteiger partial charge in [0, 0.05) is 12.1 Å². The summed E-state index contributed by atoms with van der Waals surface area (Å²) in [5, 5.41) is 10.6. The first-order valence-electron chi connectivity index (χ1n) is 5.19. The van der Waals surface area contributed by atoms with Gasteiger partial charge in [0.05, 0.1) is 6.54 Å². The first-order chi connectivity index (χ1) is 6.77. The Hall–Kier alpha value is -1.03. The first kappa shape index (κ1) is 9.52. The normalized spacial score (nSPS) is 15.6. The van der Waals surface area contributed by atoms with Crippen molar-refractivity contribution in [3.63, 3.8) is 0 Å². The molecule has 14 heavy (non-hydrogen) atoms. The molecule has 0 amide bonds. The SMILES string of the molecule is CC(C)CNc1noc2c1CCNC2. The van der Waals surface area contributed by atoms with E-state index >= 15 is 0 Å². The zero-order chi connectivity index (χ0) is 9.97. The highest BCUT2D eigenvalue weighted by molar-refractivity contribution is 5.46. The molecule has 0 radical (unpaired) electrons. The van der Waals surface area contributed by atoms with Crippen LogP contribution in [-0.4, -0.2) is 18.2 Å². The molecule has 0 unspecified atom stereocenters. The Morgan fingerprint density at radius 3 is 3.21 bits per heavy atom. The van der Waals surface area contributed by atoms with Crippen LogP contribution in [0.25, 0.3) is 0 Å². The van der Waals surface area contributed by atoms with Crippen LogP contribution in [-0.2, 0) is 13.0 Å². The van der Waals surface area contributed by atoms with Crippen molar-refractivity contribution in [1.29, 1.82) is 0 Å². The summed E-state index contributed by atoms with van der Waals surface area (Å²) in [6.07, 6.45) is 1.01. The molecule has 4 heteroatoms. The van der Waals surface area contributed by atoms with Crippen LogP contribution < -0.4 is 10.6 Å². The van der Waals surface area contributed by atoms with Crippen LogP contribution in [0.15, 0.2) is 4.52 Å². The van der Waals surface area contributed by atoms with Gasteiger partial charge in [0.2, 0.25) is 0 Å². The zero-order valence-electron chi connectivity index (χ0n) is 8.76. The average Bonchev–Trinajstić information content (AvgIpc) is 2.58. The summed E-state index contributed by atoms with van der Waals surface area (Å²) in [6.45, 7) is 7.14. The second-order valence-corrected chi connectivity index (χ2v) is 4.13. The summed E-state index contributed by atoms with van der Waals surface area (Å²) >= 11 is 0. The maximum atomic E-state index is 5.24. The van der Waals surface area contributed by atoms with Crippen LogP contribution >= 0.6 is 0 Å². The molecule has 78 valence electrons. The average molecular weight is 195 g/mol. The van der Waals surface area contributed by atoms with E-state index < -0.39 is 0 Å². The number of hydrogen-bond donors (Lipinski definition) is 2. The van der Waals surface area contributed by atoms with Gasteiger partial charge in [0.15, 0.2) is 11.6 Å². The quantitative estimate of drug-likeness (QED) is 0.765. The molecule has 0 fully saturated rings. The van der Waals surface area contributed by atoms with Crippen molar-refractivity contribution in [1.82, 2.24) is 10.5 Å². The van der Waals surface area contributed by atoms with E-state index in [2.05, 4.69) is 29.6 Å². The lowest BCUT2D eigenvalue weighted by Gasteiger charge is -2.12. The minimum atomic E-state index is 0.629. The van der Waals surface area contributed by atoms with E-state index in [9.17, 15) is 0 Å². The third-order valence-corrected chi connectivity index (χ3v) is 2.38. The van der Waals surface area contributed by atoms with Gasteiger partial charge in [-0.3, -0.25) is 0 Å². The van der Waals surface area contributed by atoms with E-state index in [4.69, 9.17) is 4.52 Å². The predicted molar refractivity (Wildman–Crippen MR) is 55.2 cm³/mol. The van der Waals surface area contributed by atoms with Gasteiger partial charge in [0.25, 0.3) is 0 Å². The summed E-state index contributed by atoms with van der Waals surface area (Å²) in [5.74, 6) is 2.56. The van der Waals surface area contributed by atoms with E-state index in [0.717, 1.165) is 37.6 Å². The maximum Gasteiger partial charge on any atom is 0.172 e. The molecule has 0 spiro atoms. The number of fused-ring (bicyclic) bond motifs is 1. The van der Waals surface area contributed by atoms with Gasteiger partial charge >= 0.3 is 0 Å². The molecule has 1 aliphatic rings. The fourth-order valence-electron chi connectivity index (χ4n) is 1.59. The fraction of sp³-hybridized carbons (Fsp3) is 0.700. The van der Waals surface area contributed by atoms with Gasteiger partial charge in [-0.25, -0.2) is 0 Å². The Balaban J connectivity index is 2.06. The van der Waals surface area contributed by atoms with Gasteiger partial charge in [-0.2, -0.15) is 0 Å². The summed E-state index contributed by atoms with van der Waals surface area (Å²) in [4.78, 5) is 0. The standard InChI is InChI=1S/C10H17N3O/c1-7(2)5-12-10-8-3-4-11-6-9(8)14-13-10/h7,11H,3-6H2,1-2H3,(H,12,13). The van der Waals surface area contributed by atoms with E-state index in [0.29, 0.717) is 5.92 Å². The second kappa shape index (κ2) is 4.00. The van der Waals surface area contributed by atoms with Gasteiger partial charge in [-0.1, -0.05) is 19.0 Å². The molecule has 2 N–H and O–H groups in total. The molecule has 2 rings (SSSR count). The van der Waals surface area contributed by atoms with Crippen LogP contribution in [0.1, 0.15) is 25.2 Å². The minimum absolute atomic E-state index is 0.629. The molecule has 0 bridgehead atoms. The van der Waals surface area contributed by atoms with Gasteiger partial charge in [-0.05, 0) is 18.9 Å². The Morgan fingerprint density at radius 1 is 1.57 bits per heavy atom. The molecule has 1 aliphatic heterocycles. The number of nitrogens with zero attached hydrogens (tertiary/aromatic N) is 1. The second-order valence-electron chi connectivity index (χ2n) is 4.13. The number of hydrogen-bond acceptors (Lipinski definition) is 4. The number of rotatable bonds is 3. The Labute approximate surface area is 84.0 Å². The lowest BCUT2D eigenvalue weighted by molar-refractivity contribution is 0.367. The predicted octanol–water partition coefficient (Wildman–Crippen LogP) is 1.39. The Morgan fingerprint density at radius 2 is 2.43 bits per heavy atom. The van der Waals surface area contributed by atoms with Crippen molar-refractivity contribution < 1.29 is 4.52 Å². The van der Waals surface area contributed by atoms with Crippen molar-refractivity contribution in [2.75, 3.05) is 18.4 Å². The Kier molecular flexibility index (Phi) is 2.72. The highest BCUT2D eigenvalue weighted by Crippen LogP contribution is 2.22. The maximum absolute atomic E-state index is 5.24. The summed E-state index contributed by atoms with van der Waals surface area (Å²) < 4.78 is 5.24. The lowest BCUT2D eigenvalue weighted by atomic mass is 10.1. The molecule has 2 heterocycles. The van der Waals surface area contributed by atoms with Gasteiger partial charge in [-0.15, -0.1) is 0 Å². The van der Waals surface area contributed by atoms with Crippen LogP contribution in [0.2, 0.25) is 0 Å². The van der Waals surface area contributed by atoms with E-state index in [1.54, 1.807) is 0 Å². The van der Waals surface area contributed by atoms with E-state index in [-0.39, 0.29) is 0 Å².